The summed E-state index contributed by atoms with van der Waals surface area (Å²) in [6.07, 6.45) is 1.91. The molecule has 0 aliphatic rings. The molecule has 2 aromatic carbocycles. The van der Waals surface area contributed by atoms with Crippen LogP contribution in [-0.2, 0) is 13.0 Å². The highest BCUT2D eigenvalue weighted by Crippen LogP contribution is 2.27. The summed E-state index contributed by atoms with van der Waals surface area (Å²) in [5.41, 5.74) is 4.18. The summed E-state index contributed by atoms with van der Waals surface area (Å²) in [5.74, 6) is -0.0138. The maximum absolute atomic E-state index is 12.7. The van der Waals surface area contributed by atoms with Crippen LogP contribution in [0.5, 0.6) is 0 Å². The molecule has 0 spiro atoms. The minimum atomic E-state index is -0.246. The van der Waals surface area contributed by atoms with Gasteiger partial charge in [-0.25, -0.2) is 0 Å². The van der Waals surface area contributed by atoms with E-state index in [1.807, 2.05) is 24.3 Å². The molecule has 0 aliphatic heterocycles. The molecule has 3 nitrogen and oxygen atoms in total. The number of nitrogens with one attached hydrogen (secondary N) is 2. The fourth-order valence-electron chi connectivity index (χ4n) is 3.77. The molecule has 146 valence electrons. The predicted molar refractivity (Wildman–Crippen MR) is 115 cm³/mol. The Hall–Kier alpha value is -2.29. The van der Waals surface area contributed by atoms with Gasteiger partial charge in [0.05, 0.1) is 0 Å². The number of carbonyl (C=O) groups excluding carboxylic acids is 1. The molecule has 2 aromatic rings. The first-order valence-corrected chi connectivity index (χ1v) is 9.83. The third-order valence-corrected chi connectivity index (χ3v) is 4.49. The Morgan fingerprint density at radius 3 is 2.33 bits per heavy atom. The summed E-state index contributed by atoms with van der Waals surface area (Å²) in [6.45, 7) is 13.6. The lowest BCUT2D eigenvalue weighted by atomic mass is 9.81. The van der Waals surface area contributed by atoms with Crippen molar-refractivity contribution in [2.24, 2.45) is 5.41 Å². The number of hydrogen-bond acceptors (Lipinski definition) is 2. The number of carbonyl (C=O) groups is 1. The van der Waals surface area contributed by atoms with E-state index < -0.39 is 0 Å². The van der Waals surface area contributed by atoms with Crippen molar-refractivity contribution < 1.29 is 4.79 Å². The topological polar surface area (TPSA) is 41.1 Å². The zero-order valence-corrected chi connectivity index (χ0v) is 17.6. The maximum Gasteiger partial charge on any atom is 0.251 e. The van der Waals surface area contributed by atoms with Crippen LogP contribution in [0.3, 0.4) is 0 Å². The van der Waals surface area contributed by atoms with Crippen molar-refractivity contribution >= 4 is 11.6 Å². The van der Waals surface area contributed by atoms with E-state index in [-0.39, 0.29) is 16.9 Å². The molecule has 1 amide bonds. The van der Waals surface area contributed by atoms with Crippen molar-refractivity contribution in [3.8, 4) is 0 Å². The van der Waals surface area contributed by atoms with Gasteiger partial charge in [-0.2, -0.15) is 0 Å². The Morgan fingerprint density at radius 1 is 0.963 bits per heavy atom. The minimum absolute atomic E-state index is 0.0138. The van der Waals surface area contributed by atoms with Crippen molar-refractivity contribution in [3.63, 3.8) is 0 Å². The highest BCUT2D eigenvalue weighted by atomic mass is 16.1. The van der Waals surface area contributed by atoms with E-state index in [0.29, 0.717) is 12.1 Å². The molecule has 0 heterocycles. The Balaban J connectivity index is 2.05. The van der Waals surface area contributed by atoms with Crippen LogP contribution in [0.1, 0.15) is 69.4 Å². The molecule has 2 rings (SSSR count). The smallest absolute Gasteiger partial charge is 0.251 e. The number of benzene rings is 2. The second-order valence-corrected chi connectivity index (χ2v) is 9.14. The zero-order valence-electron chi connectivity index (χ0n) is 17.6. The fourth-order valence-corrected chi connectivity index (χ4v) is 3.77. The molecule has 0 saturated carbocycles. The van der Waals surface area contributed by atoms with Gasteiger partial charge in [0.25, 0.3) is 5.91 Å². The molecule has 0 saturated heterocycles. The van der Waals surface area contributed by atoms with Gasteiger partial charge >= 0.3 is 0 Å². The maximum atomic E-state index is 12.7. The molecule has 2 N–H and O–H groups in total. The van der Waals surface area contributed by atoms with E-state index in [0.717, 1.165) is 24.1 Å². The van der Waals surface area contributed by atoms with Crippen LogP contribution in [0.4, 0.5) is 5.69 Å². The third-order valence-electron chi connectivity index (χ3n) is 4.49. The predicted octanol–water partition coefficient (Wildman–Crippen LogP) is 5.81. The van der Waals surface area contributed by atoms with E-state index in [1.54, 1.807) is 0 Å². The highest BCUT2D eigenvalue weighted by molar-refractivity contribution is 5.94. The number of aryl methyl sites for hydroxylation is 1. The van der Waals surface area contributed by atoms with Crippen molar-refractivity contribution in [2.75, 3.05) is 5.32 Å². The van der Waals surface area contributed by atoms with Crippen LogP contribution in [0.2, 0.25) is 0 Å². The van der Waals surface area contributed by atoms with Gasteiger partial charge in [-0.3, -0.25) is 4.79 Å². The van der Waals surface area contributed by atoms with E-state index in [4.69, 9.17) is 0 Å². The van der Waals surface area contributed by atoms with Crippen LogP contribution in [0.25, 0.3) is 0 Å². The van der Waals surface area contributed by atoms with Gasteiger partial charge < -0.3 is 10.6 Å². The Kier molecular flexibility index (Phi) is 6.69. The summed E-state index contributed by atoms with van der Waals surface area (Å²) in [4.78, 5) is 12.7. The number of para-hydroxylation sites is 1. The molecule has 0 radical (unpaired) electrons. The lowest BCUT2D eigenvalue weighted by molar-refractivity contribution is 0.0891. The van der Waals surface area contributed by atoms with Crippen LogP contribution >= 0.6 is 0 Å². The summed E-state index contributed by atoms with van der Waals surface area (Å²) >= 11 is 0. The Morgan fingerprint density at radius 2 is 1.67 bits per heavy atom. The van der Waals surface area contributed by atoms with E-state index >= 15 is 0 Å². The summed E-state index contributed by atoms with van der Waals surface area (Å²) in [6, 6.07) is 16.2. The van der Waals surface area contributed by atoms with Crippen LogP contribution in [0.15, 0.2) is 48.5 Å². The molecule has 0 aliphatic carbocycles. The first-order valence-electron chi connectivity index (χ1n) is 9.83. The van der Waals surface area contributed by atoms with Crippen molar-refractivity contribution in [2.45, 2.75) is 66.5 Å². The fraction of sp³-hybridized carbons (Fsp3) is 0.458. The summed E-state index contributed by atoms with van der Waals surface area (Å²) in [7, 11) is 0. The van der Waals surface area contributed by atoms with Gasteiger partial charge in [-0.15, -0.1) is 0 Å². The standard InChI is InChI=1S/C24H34N2O/c1-7-19-12-8-9-14-21(19)25-16-18-11-10-13-20(15-18)22(27)26-24(5,6)17-23(2,3)4/h8-15,25H,7,16-17H2,1-6H3,(H,26,27). The van der Waals surface area contributed by atoms with Gasteiger partial charge in [0.1, 0.15) is 0 Å². The monoisotopic (exact) mass is 366 g/mol. The second kappa shape index (κ2) is 8.60. The lowest BCUT2D eigenvalue weighted by Gasteiger charge is -2.33. The highest BCUT2D eigenvalue weighted by Gasteiger charge is 2.27. The van der Waals surface area contributed by atoms with Crippen LogP contribution in [-0.4, -0.2) is 11.4 Å². The van der Waals surface area contributed by atoms with Crippen molar-refractivity contribution in [1.29, 1.82) is 0 Å². The molecule has 0 aromatic heterocycles. The number of hydrogen-bond donors (Lipinski definition) is 2. The van der Waals surface area contributed by atoms with Crippen LogP contribution in [0, 0.1) is 5.41 Å². The quantitative estimate of drug-likeness (QED) is 0.649. The molecular formula is C24H34N2O. The normalized spacial score (nSPS) is 11.9. The first-order chi connectivity index (χ1) is 12.6. The van der Waals surface area contributed by atoms with Gasteiger partial charge in [0.15, 0.2) is 0 Å². The largest absolute Gasteiger partial charge is 0.381 e. The molecule has 3 heteroatoms. The van der Waals surface area contributed by atoms with Gasteiger partial charge in [-0.05, 0) is 61.4 Å². The van der Waals surface area contributed by atoms with Gasteiger partial charge in [-0.1, -0.05) is 58.0 Å². The summed E-state index contributed by atoms with van der Waals surface area (Å²) in [5, 5.41) is 6.68. The number of rotatable bonds is 7. The molecule has 27 heavy (non-hydrogen) atoms. The molecule has 0 fully saturated rings. The third kappa shape index (κ3) is 6.74. The zero-order chi connectivity index (χ0) is 20.1. The van der Waals surface area contributed by atoms with E-state index in [1.165, 1.54) is 5.56 Å². The van der Waals surface area contributed by atoms with E-state index in [9.17, 15) is 4.79 Å². The van der Waals surface area contributed by atoms with Gasteiger partial charge in [0, 0.05) is 23.3 Å². The average molecular weight is 367 g/mol. The molecule has 0 unspecified atom stereocenters. The van der Waals surface area contributed by atoms with Crippen LogP contribution < -0.4 is 10.6 Å². The van der Waals surface area contributed by atoms with Crippen molar-refractivity contribution in [3.05, 3.63) is 65.2 Å². The van der Waals surface area contributed by atoms with Crippen molar-refractivity contribution in [1.82, 2.24) is 5.32 Å². The van der Waals surface area contributed by atoms with Gasteiger partial charge in [0.2, 0.25) is 0 Å². The Bertz CT molecular complexity index is 772. The SMILES string of the molecule is CCc1ccccc1NCc1cccc(C(=O)NC(C)(C)CC(C)(C)C)c1. The first kappa shape index (κ1) is 21.0. The second-order valence-electron chi connectivity index (χ2n) is 9.14. The molecule has 0 bridgehead atoms. The Labute approximate surface area is 164 Å². The lowest BCUT2D eigenvalue weighted by Crippen LogP contribution is -2.45. The average Bonchev–Trinajstić information content (AvgIpc) is 2.58. The minimum Gasteiger partial charge on any atom is -0.381 e. The summed E-state index contributed by atoms with van der Waals surface area (Å²) < 4.78 is 0. The van der Waals surface area contributed by atoms with E-state index in [2.05, 4.69) is 76.4 Å². The number of amides is 1. The number of anilines is 1. The molecular weight excluding hydrogens is 332 g/mol. The molecule has 0 atom stereocenters.